The molecule has 112 valence electrons. The van der Waals surface area contributed by atoms with Gasteiger partial charge >= 0.3 is 0 Å². The van der Waals surface area contributed by atoms with Gasteiger partial charge in [-0.3, -0.25) is 9.59 Å². The Bertz CT molecular complexity index is 405. The van der Waals surface area contributed by atoms with Crippen LogP contribution in [0.15, 0.2) is 0 Å². The van der Waals surface area contributed by atoms with Gasteiger partial charge in [0.25, 0.3) is 0 Å². The lowest BCUT2D eigenvalue weighted by Gasteiger charge is -2.40. The lowest BCUT2D eigenvalue weighted by atomic mass is 9.60. The summed E-state index contributed by atoms with van der Waals surface area (Å²) in [6.45, 7) is 6.73. The normalized spacial score (nSPS) is 20.8. The van der Waals surface area contributed by atoms with E-state index in [-0.39, 0.29) is 54.2 Å². The van der Waals surface area contributed by atoms with Crippen LogP contribution >= 0.6 is 0 Å². The van der Waals surface area contributed by atoms with Crippen molar-refractivity contribution in [3.63, 3.8) is 0 Å². The minimum Gasteiger partial charge on any atom is -0.300 e. The highest BCUT2D eigenvalue weighted by Crippen LogP contribution is 2.45. The van der Waals surface area contributed by atoms with Gasteiger partial charge in [0.05, 0.1) is 5.41 Å². The van der Waals surface area contributed by atoms with Gasteiger partial charge in [-0.2, -0.15) is 0 Å². The van der Waals surface area contributed by atoms with E-state index in [1.54, 1.807) is 0 Å². The van der Waals surface area contributed by atoms with Crippen molar-refractivity contribution in [2.75, 3.05) is 0 Å². The molecule has 0 aromatic heterocycles. The van der Waals surface area contributed by atoms with Crippen LogP contribution in [0.5, 0.6) is 0 Å². The predicted molar refractivity (Wildman–Crippen MR) is 75.3 cm³/mol. The molecule has 0 amide bonds. The van der Waals surface area contributed by atoms with Gasteiger partial charge < -0.3 is 9.59 Å². The highest BCUT2D eigenvalue weighted by molar-refractivity contribution is 6.10. The maximum Gasteiger partial charge on any atom is 0.146 e. The van der Waals surface area contributed by atoms with E-state index in [2.05, 4.69) is 0 Å². The van der Waals surface area contributed by atoms with Gasteiger partial charge in [-0.15, -0.1) is 0 Å². The molecule has 0 aromatic rings. The summed E-state index contributed by atoms with van der Waals surface area (Å²) in [5.74, 6) is -0.252. The van der Waals surface area contributed by atoms with Crippen molar-refractivity contribution in [2.24, 2.45) is 10.8 Å². The summed E-state index contributed by atoms with van der Waals surface area (Å²) < 4.78 is 0. The molecule has 0 aliphatic heterocycles. The SMILES string of the molecule is CC(=O)CCC1(CCC(C)=O)C(=O)CC(C)(C)CC1=O. The number of rotatable bonds is 6. The average Bonchev–Trinajstić information content (AvgIpc) is 2.25. The van der Waals surface area contributed by atoms with E-state index in [4.69, 9.17) is 0 Å². The molecule has 0 radical (unpaired) electrons. The zero-order valence-corrected chi connectivity index (χ0v) is 12.9. The maximum atomic E-state index is 12.5. The van der Waals surface area contributed by atoms with Gasteiger partial charge in [0.1, 0.15) is 23.1 Å². The third-order valence-corrected chi connectivity index (χ3v) is 4.15. The van der Waals surface area contributed by atoms with Crippen molar-refractivity contribution in [3.05, 3.63) is 0 Å². The number of carbonyl (C=O) groups excluding carboxylic acids is 4. The average molecular weight is 280 g/mol. The van der Waals surface area contributed by atoms with Crippen molar-refractivity contribution in [1.82, 2.24) is 0 Å². The van der Waals surface area contributed by atoms with Crippen LogP contribution in [-0.4, -0.2) is 23.1 Å². The zero-order valence-electron chi connectivity index (χ0n) is 12.9. The molecule has 0 N–H and O–H groups in total. The number of hydrogen-bond donors (Lipinski definition) is 0. The van der Waals surface area contributed by atoms with Crippen LogP contribution in [0, 0.1) is 10.8 Å². The fraction of sp³-hybridized carbons (Fsp3) is 0.750. The first-order valence-electron chi connectivity index (χ1n) is 7.14. The maximum absolute atomic E-state index is 12.5. The molecule has 0 spiro atoms. The van der Waals surface area contributed by atoms with Crippen LogP contribution in [0.3, 0.4) is 0 Å². The van der Waals surface area contributed by atoms with Crippen LogP contribution in [0.4, 0.5) is 0 Å². The van der Waals surface area contributed by atoms with Gasteiger partial charge in [-0.1, -0.05) is 13.8 Å². The van der Waals surface area contributed by atoms with Gasteiger partial charge in [0, 0.05) is 25.7 Å². The number of ketones is 4. The molecule has 1 saturated carbocycles. The monoisotopic (exact) mass is 280 g/mol. The van der Waals surface area contributed by atoms with Crippen molar-refractivity contribution >= 4 is 23.1 Å². The second-order valence-electron chi connectivity index (χ2n) is 6.85. The fourth-order valence-corrected chi connectivity index (χ4v) is 2.89. The van der Waals surface area contributed by atoms with E-state index in [0.29, 0.717) is 12.8 Å². The largest absolute Gasteiger partial charge is 0.300 e. The van der Waals surface area contributed by atoms with E-state index in [1.807, 2.05) is 13.8 Å². The van der Waals surface area contributed by atoms with Crippen molar-refractivity contribution in [3.8, 4) is 0 Å². The van der Waals surface area contributed by atoms with Crippen molar-refractivity contribution in [2.45, 2.75) is 66.2 Å². The molecule has 1 fully saturated rings. The summed E-state index contributed by atoms with van der Waals surface area (Å²) in [7, 11) is 0. The highest BCUT2D eigenvalue weighted by atomic mass is 16.2. The minimum absolute atomic E-state index is 0.0300. The Balaban J connectivity index is 3.02. The zero-order chi connectivity index (χ0) is 15.6. The fourth-order valence-electron chi connectivity index (χ4n) is 2.89. The summed E-state index contributed by atoms with van der Waals surface area (Å²) in [5, 5.41) is 0. The minimum atomic E-state index is -1.10. The van der Waals surface area contributed by atoms with Crippen LogP contribution in [-0.2, 0) is 19.2 Å². The number of hydrogen-bond acceptors (Lipinski definition) is 4. The molecule has 1 rings (SSSR count). The molecule has 0 heterocycles. The van der Waals surface area contributed by atoms with Crippen LogP contribution in [0.25, 0.3) is 0 Å². The topological polar surface area (TPSA) is 68.3 Å². The third kappa shape index (κ3) is 3.84. The molecule has 20 heavy (non-hydrogen) atoms. The van der Waals surface area contributed by atoms with Crippen molar-refractivity contribution < 1.29 is 19.2 Å². The summed E-state index contributed by atoms with van der Waals surface area (Å²) in [6, 6.07) is 0. The van der Waals surface area contributed by atoms with Crippen molar-refractivity contribution in [1.29, 1.82) is 0 Å². The lowest BCUT2D eigenvalue weighted by molar-refractivity contribution is -0.149. The molecule has 1 aliphatic carbocycles. The van der Waals surface area contributed by atoms with E-state index in [9.17, 15) is 19.2 Å². The third-order valence-electron chi connectivity index (χ3n) is 4.15. The molecule has 4 nitrogen and oxygen atoms in total. The second kappa shape index (κ2) is 5.98. The number of carbonyl (C=O) groups is 4. The Labute approximate surface area is 120 Å². The van der Waals surface area contributed by atoms with Crippen LogP contribution < -0.4 is 0 Å². The van der Waals surface area contributed by atoms with Gasteiger partial charge in [0.2, 0.25) is 0 Å². The molecule has 0 atom stereocenters. The molecule has 1 aliphatic rings. The summed E-state index contributed by atoms with van der Waals surface area (Å²) in [6.07, 6.45) is 1.63. The Morgan fingerprint density at radius 2 is 1.25 bits per heavy atom. The summed E-state index contributed by atoms with van der Waals surface area (Å²) >= 11 is 0. The molecule has 4 heteroatoms. The Morgan fingerprint density at radius 3 is 1.55 bits per heavy atom. The standard InChI is InChI=1S/C16H24O4/c1-11(17)5-7-16(8-6-12(2)18)13(19)9-15(3,4)10-14(16)20/h5-10H2,1-4H3. The number of Topliss-reactive ketones (excluding diaryl/α,β-unsaturated/α-hetero) is 4. The second-order valence-corrected chi connectivity index (χ2v) is 6.85. The van der Waals surface area contributed by atoms with E-state index < -0.39 is 5.41 Å². The first kappa shape index (κ1) is 16.7. The smallest absolute Gasteiger partial charge is 0.146 e. The Kier molecular flexibility index (Phi) is 5.00. The first-order chi connectivity index (χ1) is 9.09. The van der Waals surface area contributed by atoms with Gasteiger partial charge in [-0.05, 0) is 32.1 Å². The molecule has 0 unspecified atom stereocenters. The van der Waals surface area contributed by atoms with E-state index in [1.165, 1.54) is 13.8 Å². The van der Waals surface area contributed by atoms with Gasteiger partial charge in [-0.25, -0.2) is 0 Å². The first-order valence-corrected chi connectivity index (χ1v) is 7.14. The Morgan fingerprint density at radius 1 is 0.900 bits per heavy atom. The highest BCUT2D eigenvalue weighted by Gasteiger charge is 2.51. The Hall–Kier alpha value is -1.32. The quantitative estimate of drug-likeness (QED) is 0.701. The van der Waals surface area contributed by atoms with E-state index in [0.717, 1.165) is 0 Å². The predicted octanol–water partition coefficient (Wildman–Crippen LogP) is 2.67. The molecule has 0 aromatic carbocycles. The van der Waals surface area contributed by atoms with Crippen LogP contribution in [0.2, 0.25) is 0 Å². The summed E-state index contributed by atoms with van der Waals surface area (Å²) in [5.41, 5.74) is -1.42. The molecule has 0 saturated heterocycles. The van der Waals surface area contributed by atoms with Crippen LogP contribution in [0.1, 0.15) is 66.2 Å². The molecule has 0 bridgehead atoms. The molecular weight excluding hydrogens is 256 g/mol. The molecular formula is C16H24O4. The summed E-state index contributed by atoms with van der Waals surface area (Å²) in [4.78, 5) is 47.5. The van der Waals surface area contributed by atoms with Gasteiger partial charge in [0.15, 0.2) is 0 Å². The van der Waals surface area contributed by atoms with E-state index >= 15 is 0 Å². The lowest BCUT2D eigenvalue weighted by Crippen LogP contribution is -2.48.